The molecule has 2 aromatic carbocycles. The first kappa shape index (κ1) is 9.78. The van der Waals surface area contributed by atoms with Crippen molar-refractivity contribution >= 4 is 16.6 Å². The maximum Gasteiger partial charge on any atom is 0.228 e. The fourth-order valence-corrected chi connectivity index (χ4v) is 1.77. The number of aromatic amines is 1. The van der Waals surface area contributed by atoms with Gasteiger partial charge in [0.2, 0.25) is 5.78 Å². The molecule has 1 aromatic heterocycles. The topological polar surface area (TPSA) is 45.8 Å². The molecular formula is C14H9N2O. The van der Waals surface area contributed by atoms with Crippen molar-refractivity contribution in [3.05, 3.63) is 66.2 Å². The van der Waals surface area contributed by atoms with Gasteiger partial charge < -0.3 is 4.98 Å². The number of nitrogens with zero attached hydrogens (tertiary/aromatic N) is 1. The van der Waals surface area contributed by atoms with E-state index in [0.717, 1.165) is 10.8 Å². The van der Waals surface area contributed by atoms with Crippen LogP contribution in [-0.4, -0.2) is 15.8 Å². The zero-order chi connectivity index (χ0) is 11.7. The van der Waals surface area contributed by atoms with E-state index in [1.807, 2.05) is 30.3 Å². The molecule has 0 saturated carbocycles. The van der Waals surface area contributed by atoms with Crippen LogP contribution in [0, 0.1) is 6.07 Å². The summed E-state index contributed by atoms with van der Waals surface area (Å²) in [6, 6.07) is 14.6. The number of H-pyrrole nitrogens is 1. The second-order valence-corrected chi connectivity index (χ2v) is 3.73. The molecular weight excluding hydrogens is 212 g/mol. The molecule has 0 aliphatic rings. The largest absolute Gasteiger partial charge is 0.342 e. The first-order valence-corrected chi connectivity index (χ1v) is 5.30. The van der Waals surface area contributed by atoms with E-state index in [0.29, 0.717) is 11.4 Å². The summed E-state index contributed by atoms with van der Waals surface area (Å²) in [6.45, 7) is 0. The van der Waals surface area contributed by atoms with E-state index in [1.54, 1.807) is 18.5 Å². The van der Waals surface area contributed by atoms with Crippen molar-refractivity contribution in [3.8, 4) is 0 Å². The summed E-state index contributed by atoms with van der Waals surface area (Å²) < 4.78 is 0. The average Bonchev–Trinajstić information content (AvgIpc) is 2.91. The SMILES string of the molecule is O=C(c1[c]c2ccccc2cc1)c1ncc[nH]1. The summed E-state index contributed by atoms with van der Waals surface area (Å²) in [7, 11) is 0. The van der Waals surface area contributed by atoms with Crippen LogP contribution in [0.1, 0.15) is 16.2 Å². The molecule has 3 nitrogen and oxygen atoms in total. The van der Waals surface area contributed by atoms with Crippen LogP contribution in [0.3, 0.4) is 0 Å². The van der Waals surface area contributed by atoms with Crippen molar-refractivity contribution in [2.24, 2.45) is 0 Å². The smallest absolute Gasteiger partial charge is 0.228 e. The normalized spacial score (nSPS) is 10.6. The highest BCUT2D eigenvalue weighted by Gasteiger charge is 2.11. The van der Waals surface area contributed by atoms with Crippen LogP contribution in [-0.2, 0) is 0 Å². The van der Waals surface area contributed by atoms with Gasteiger partial charge in [0, 0.05) is 24.0 Å². The molecule has 1 N–H and O–H groups in total. The highest BCUT2D eigenvalue weighted by atomic mass is 16.1. The number of ketones is 1. The summed E-state index contributed by atoms with van der Waals surface area (Å²) in [4.78, 5) is 18.8. The third-order valence-electron chi connectivity index (χ3n) is 2.62. The maximum absolute atomic E-state index is 12.0. The Morgan fingerprint density at radius 1 is 1.18 bits per heavy atom. The van der Waals surface area contributed by atoms with Crippen molar-refractivity contribution in [1.29, 1.82) is 0 Å². The summed E-state index contributed by atoms with van der Waals surface area (Å²) in [5.74, 6) is 0.206. The zero-order valence-electron chi connectivity index (χ0n) is 8.97. The van der Waals surface area contributed by atoms with Gasteiger partial charge in [-0.3, -0.25) is 4.79 Å². The first-order chi connectivity index (χ1) is 8.34. The minimum atomic E-state index is -0.138. The van der Waals surface area contributed by atoms with Crippen molar-refractivity contribution in [3.63, 3.8) is 0 Å². The summed E-state index contributed by atoms with van der Waals surface area (Å²) in [5.41, 5.74) is 0.527. The predicted octanol–water partition coefficient (Wildman–Crippen LogP) is 2.59. The van der Waals surface area contributed by atoms with Crippen molar-refractivity contribution in [1.82, 2.24) is 9.97 Å². The number of fused-ring (bicyclic) bond motifs is 1. The van der Waals surface area contributed by atoms with Crippen LogP contribution < -0.4 is 0 Å². The van der Waals surface area contributed by atoms with Gasteiger partial charge >= 0.3 is 0 Å². The lowest BCUT2D eigenvalue weighted by Gasteiger charge is -2.00. The number of rotatable bonds is 2. The zero-order valence-corrected chi connectivity index (χ0v) is 8.97. The summed E-state index contributed by atoms with van der Waals surface area (Å²) in [6.07, 6.45) is 3.20. The van der Waals surface area contributed by atoms with Gasteiger partial charge in [-0.2, -0.15) is 0 Å². The molecule has 0 bridgehead atoms. The highest BCUT2D eigenvalue weighted by Crippen LogP contribution is 2.16. The van der Waals surface area contributed by atoms with E-state index in [-0.39, 0.29) is 5.78 Å². The number of carbonyl (C=O) groups excluding carboxylic acids is 1. The Hall–Kier alpha value is -2.42. The summed E-state index contributed by atoms with van der Waals surface area (Å²) in [5, 5.41) is 2.01. The molecule has 0 unspecified atom stereocenters. The molecule has 3 aromatic rings. The van der Waals surface area contributed by atoms with E-state index in [9.17, 15) is 4.79 Å². The fourth-order valence-electron chi connectivity index (χ4n) is 1.77. The van der Waals surface area contributed by atoms with Gasteiger partial charge in [0.25, 0.3) is 0 Å². The Morgan fingerprint density at radius 3 is 2.88 bits per heavy atom. The molecule has 0 aliphatic carbocycles. The Labute approximate surface area is 98.1 Å². The molecule has 1 heterocycles. The third-order valence-corrected chi connectivity index (χ3v) is 2.62. The van der Waals surface area contributed by atoms with Crippen LogP contribution in [0.5, 0.6) is 0 Å². The quantitative estimate of drug-likeness (QED) is 0.676. The van der Waals surface area contributed by atoms with E-state index < -0.39 is 0 Å². The Balaban J connectivity index is 2.09. The van der Waals surface area contributed by atoms with Crippen molar-refractivity contribution in [2.75, 3.05) is 0 Å². The van der Waals surface area contributed by atoms with Gasteiger partial charge in [-0.25, -0.2) is 4.98 Å². The number of hydrogen-bond acceptors (Lipinski definition) is 2. The molecule has 3 rings (SSSR count). The van der Waals surface area contributed by atoms with Crippen LogP contribution in [0.2, 0.25) is 0 Å². The molecule has 0 spiro atoms. The maximum atomic E-state index is 12.0. The molecule has 0 saturated heterocycles. The second-order valence-electron chi connectivity index (χ2n) is 3.73. The Morgan fingerprint density at radius 2 is 2.06 bits per heavy atom. The van der Waals surface area contributed by atoms with Crippen molar-refractivity contribution in [2.45, 2.75) is 0 Å². The number of carbonyl (C=O) groups is 1. The van der Waals surface area contributed by atoms with Gasteiger partial charge in [-0.1, -0.05) is 30.3 Å². The van der Waals surface area contributed by atoms with Crippen LogP contribution in [0.15, 0.2) is 48.8 Å². The minimum absolute atomic E-state index is 0.138. The minimum Gasteiger partial charge on any atom is -0.342 e. The lowest BCUT2D eigenvalue weighted by Crippen LogP contribution is -2.03. The number of nitrogens with one attached hydrogen (secondary N) is 1. The van der Waals surface area contributed by atoms with Crippen LogP contribution >= 0.6 is 0 Å². The molecule has 0 amide bonds. The molecule has 0 aliphatic heterocycles. The van der Waals surface area contributed by atoms with Gasteiger partial charge in [-0.05, 0) is 16.8 Å². The van der Waals surface area contributed by atoms with Gasteiger partial charge in [0.1, 0.15) is 0 Å². The van der Waals surface area contributed by atoms with E-state index in [1.165, 1.54) is 0 Å². The second kappa shape index (κ2) is 3.87. The van der Waals surface area contributed by atoms with E-state index in [4.69, 9.17) is 0 Å². The Bertz CT molecular complexity index is 672. The molecule has 17 heavy (non-hydrogen) atoms. The average molecular weight is 221 g/mol. The number of aromatic nitrogens is 2. The molecule has 3 heteroatoms. The summed E-state index contributed by atoms with van der Waals surface area (Å²) >= 11 is 0. The van der Waals surface area contributed by atoms with Gasteiger partial charge in [-0.15, -0.1) is 0 Å². The van der Waals surface area contributed by atoms with Crippen LogP contribution in [0.25, 0.3) is 10.8 Å². The van der Waals surface area contributed by atoms with E-state index in [2.05, 4.69) is 16.0 Å². The standard InChI is InChI=1S/C14H9N2O/c17-13(14-15-7-8-16-14)12-6-5-10-3-1-2-4-11(10)9-12/h1-8H,(H,15,16). The third kappa shape index (κ3) is 1.72. The lowest BCUT2D eigenvalue weighted by atomic mass is 10.0. The lowest BCUT2D eigenvalue weighted by molar-refractivity contribution is 0.103. The first-order valence-electron chi connectivity index (χ1n) is 5.30. The molecule has 81 valence electrons. The highest BCUT2D eigenvalue weighted by molar-refractivity contribution is 6.08. The molecule has 0 atom stereocenters. The fraction of sp³-hybridized carbons (Fsp3) is 0. The number of benzene rings is 2. The number of imidazole rings is 1. The van der Waals surface area contributed by atoms with Gasteiger partial charge in [0.15, 0.2) is 5.82 Å². The van der Waals surface area contributed by atoms with E-state index >= 15 is 0 Å². The Kier molecular flexibility index (Phi) is 2.22. The monoisotopic (exact) mass is 221 g/mol. The molecule has 0 fully saturated rings. The predicted molar refractivity (Wildman–Crippen MR) is 64.8 cm³/mol. The number of hydrogen-bond donors (Lipinski definition) is 1. The van der Waals surface area contributed by atoms with Crippen molar-refractivity contribution < 1.29 is 4.79 Å². The van der Waals surface area contributed by atoms with Crippen LogP contribution in [0.4, 0.5) is 0 Å². The molecule has 1 radical (unpaired) electrons. The van der Waals surface area contributed by atoms with Gasteiger partial charge in [0.05, 0.1) is 0 Å².